The van der Waals surface area contributed by atoms with Crippen LogP contribution < -0.4 is 14.8 Å². The predicted molar refractivity (Wildman–Crippen MR) is 103 cm³/mol. The molecule has 6 heteroatoms. The second kappa shape index (κ2) is 10.1. The molecule has 1 atom stereocenters. The molecule has 0 aliphatic carbocycles. The van der Waals surface area contributed by atoms with Gasteiger partial charge in [-0.2, -0.15) is 0 Å². The zero-order valence-corrected chi connectivity index (χ0v) is 16.2. The minimum absolute atomic E-state index is 0. The molecule has 123 valence electrons. The Morgan fingerprint density at radius 1 is 1.17 bits per heavy atom. The van der Waals surface area contributed by atoms with Crippen molar-refractivity contribution in [3.8, 4) is 11.5 Å². The van der Waals surface area contributed by atoms with Gasteiger partial charge < -0.3 is 9.47 Å². The first-order valence-corrected chi connectivity index (χ1v) is 8.75. The minimum Gasteiger partial charge on any atom is -0.496 e. The average Bonchev–Trinajstić information content (AvgIpc) is 2.53. The van der Waals surface area contributed by atoms with Crippen LogP contribution in [0, 0.1) is 5.92 Å². The number of ether oxygens (including phenoxy) is 2. The van der Waals surface area contributed by atoms with E-state index in [-0.39, 0.29) is 33.0 Å². The largest absolute Gasteiger partial charge is 0.496 e. The van der Waals surface area contributed by atoms with Crippen molar-refractivity contribution < 1.29 is 14.3 Å². The fraction of sp³-hybridized carbons (Fsp3) is 0.278. The molecule has 0 N–H and O–H groups in total. The van der Waals surface area contributed by atoms with E-state index in [1.54, 1.807) is 18.2 Å². The molecule has 2 aromatic rings. The van der Waals surface area contributed by atoms with Crippen molar-refractivity contribution in [2.75, 3.05) is 13.7 Å². The standard InChI is InChI=1S/C18H20ClO3P.Li/c1-12(2)11-22-13-7-9-14(10-8-13)23-18(20)17-15(19)5-4-6-16(17)21-3;/h4-10,12,23H,11H2,1-3H3;. The van der Waals surface area contributed by atoms with Gasteiger partial charge in [-0.15, -0.1) is 0 Å². The summed E-state index contributed by atoms with van der Waals surface area (Å²) in [5, 5.41) is 1.35. The number of methoxy groups -OCH3 is 1. The Morgan fingerprint density at radius 2 is 1.83 bits per heavy atom. The van der Waals surface area contributed by atoms with Crippen LogP contribution >= 0.6 is 20.2 Å². The Bertz CT molecular complexity index is 674. The second-order valence-electron chi connectivity index (χ2n) is 5.50. The molecule has 0 saturated carbocycles. The third-order valence-corrected chi connectivity index (χ3v) is 4.53. The molecule has 2 rings (SSSR count). The van der Waals surface area contributed by atoms with Crippen LogP contribution in [0.1, 0.15) is 24.2 Å². The molecule has 0 bridgehead atoms. The van der Waals surface area contributed by atoms with E-state index in [2.05, 4.69) is 13.8 Å². The summed E-state index contributed by atoms with van der Waals surface area (Å²) in [6.07, 6.45) is 0. The van der Waals surface area contributed by atoms with Gasteiger partial charge in [-0.3, -0.25) is 4.79 Å². The number of carbonyl (C=O) groups is 1. The van der Waals surface area contributed by atoms with Gasteiger partial charge in [-0.05, 0) is 44.1 Å². The van der Waals surface area contributed by atoms with E-state index in [1.165, 1.54) is 7.11 Å². The Morgan fingerprint density at radius 3 is 2.42 bits per heavy atom. The summed E-state index contributed by atoms with van der Waals surface area (Å²) in [5.41, 5.74) is 0.401. The van der Waals surface area contributed by atoms with Crippen molar-refractivity contribution in [3.05, 3.63) is 53.1 Å². The molecule has 3 nitrogen and oxygen atoms in total. The van der Waals surface area contributed by atoms with Crippen LogP contribution in [0.4, 0.5) is 0 Å². The van der Waals surface area contributed by atoms with Crippen molar-refractivity contribution in [1.29, 1.82) is 0 Å². The second-order valence-corrected chi connectivity index (χ2v) is 7.19. The first kappa shape index (κ1) is 21.1. The molecule has 0 aromatic heterocycles. The van der Waals surface area contributed by atoms with Crippen LogP contribution in [0.3, 0.4) is 0 Å². The maximum atomic E-state index is 12.5. The first-order chi connectivity index (χ1) is 11.0. The molecule has 0 amide bonds. The zero-order valence-electron chi connectivity index (χ0n) is 14.4. The summed E-state index contributed by atoms with van der Waals surface area (Å²) in [4.78, 5) is 12.5. The summed E-state index contributed by atoms with van der Waals surface area (Å²) < 4.78 is 10.9. The summed E-state index contributed by atoms with van der Waals surface area (Å²) in [6, 6.07) is 12.8. The van der Waals surface area contributed by atoms with Gasteiger partial charge in [0.2, 0.25) is 0 Å². The van der Waals surface area contributed by atoms with Crippen LogP contribution in [-0.4, -0.2) is 38.1 Å². The van der Waals surface area contributed by atoms with Gasteiger partial charge in [-0.1, -0.05) is 43.6 Å². The van der Waals surface area contributed by atoms with Crippen molar-refractivity contribution in [2.24, 2.45) is 5.92 Å². The average molecular weight is 358 g/mol. The first-order valence-electron chi connectivity index (χ1n) is 7.38. The van der Waals surface area contributed by atoms with Crippen molar-refractivity contribution in [1.82, 2.24) is 0 Å². The number of halogens is 1. The topological polar surface area (TPSA) is 35.5 Å². The van der Waals surface area contributed by atoms with Gasteiger partial charge in [0.25, 0.3) is 0 Å². The quantitative estimate of drug-likeness (QED) is 0.551. The molecule has 1 radical (unpaired) electrons. The SMILES string of the molecule is COc1cccc(Cl)c1C(=O)Pc1ccc(OCC(C)C)cc1.[Li]. The number of rotatable bonds is 7. The molecule has 0 heterocycles. The monoisotopic (exact) mass is 357 g/mol. The van der Waals surface area contributed by atoms with E-state index in [4.69, 9.17) is 21.1 Å². The van der Waals surface area contributed by atoms with Crippen LogP contribution in [0.25, 0.3) is 0 Å². The zero-order chi connectivity index (χ0) is 16.8. The van der Waals surface area contributed by atoms with E-state index in [1.807, 2.05) is 24.3 Å². The van der Waals surface area contributed by atoms with Gasteiger partial charge in [-0.25, -0.2) is 0 Å². The normalized spacial score (nSPS) is 10.7. The number of hydrogen-bond acceptors (Lipinski definition) is 3. The van der Waals surface area contributed by atoms with E-state index < -0.39 is 0 Å². The Kier molecular flexibility index (Phi) is 8.88. The van der Waals surface area contributed by atoms with Gasteiger partial charge in [0.1, 0.15) is 11.5 Å². The van der Waals surface area contributed by atoms with Gasteiger partial charge in [0.05, 0.1) is 24.3 Å². The molecule has 0 aliphatic rings. The van der Waals surface area contributed by atoms with Gasteiger partial charge in [0, 0.05) is 18.9 Å². The van der Waals surface area contributed by atoms with Crippen molar-refractivity contribution in [2.45, 2.75) is 13.8 Å². The Hall–Kier alpha value is -0.973. The van der Waals surface area contributed by atoms with Crippen LogP contribution in [0.2, 0.25) is 5.02 Å². The third kappa shape index (κ3) is 5.83. The fourth-order valence-corrected chi connectivity index (χ4v) is 3.30. The van der Waals surface area contributed by atoms with Crippen molar-refractivity contribution in [3.63, 3.8) is 0 Å². The summed E-state index contributed by atoms with van der Waals surface area (Å²) in [7, 11) is 1.52. The van der Waals surface area contributed by atoms with E-state index >= 15 is 0 Å². The smallest absolute Gasteiger partial charge is 0.190 e. The van der Waals surface area contributed by atoms with Crippen LogP contribution in [0.5, 0.6) is 11.5 Å². The van der Waals surface area contributed by atoms with Crippen LogP contribution in [0.15, 0.2) is 42.5 Å². The number of benzene rings is 2. The molecule has 0 spiro atoms. The van der Waals surface area contributed by atoms with E-state index in [0.717, 1.165) is 11.1 Å². The van der Waals surface area contributed by atoms with E-state index in [9.17, 15) is 4.79 Å². The minimum atomic E-state index is -0.0386. The van der Waals surface area contributed by atoms with Gasteiger partial charge in [0.15, 0.2) is 5.52 Å². The predicted octanol–water partition coefficient (Wildman–Crippen LogP) is 4.15. The molecular formula is C18H20ClLiO3P. The third-order valence-electron chi connectivity index (χ3n) is 3.12. The molecular weight excluding hydrogens is 338 g/mol. The molecule has 1 unspecified atom stereocenters. The molecule has 0 fully saturated rings. The van der Waals surface area contributed by atoms with Gasteiger partial charge >= 0.3 is 0 Å². The molecule has 2 aromatic carbocycles. The maximum Gasteiger partial charge on any atom is 0.190 e. The molecule has 0 saturated heterocycles. The summed E-state index contributed by atoms with van der Waals surface area (Å²) >= 11 is 6.15. The maximum absolute atomic E-state index is 12.5. The number of hydrogen-bond donors (Lipinski definition) is 0. The fourth-order valence-electron chi connectivity index (χ4n) is 1.99. The summed E-state index contributed by atoms with van der Waals surface area (Å²) in [6.45, 7) is 4.88. The van der Waals surface area contributed by atoms with Crippen LogP contribution in [-0.2, 0) is 0 Å². The Labute approximate surface area is 162 Å². The number of carbonyl (C=O) groups excluding carboxylic acids is 1. The van der Waals surface area contributed by atoms with E-state index in [0.29, 0.717) is 28.9 Å². The molecule has 0 aliphatic heterocycles. The Balaban J connectivity index is 0.00000288. The molecule has 24 heavy (non-hydrogen) atoms. The van der Waals surface area contributed by atoms with Crippen molar-refractivity contribution >= 4 is 49.9 Å². The summed E-state index contributed by atoms with van der Waals surface area (Å²) in [5.74, 6) is 1.80.